The molecule has 0 aromatic carbocycles. The van der Waals surface area contributed by atoms with Crippen molar-refractivity contribution in [1.82, 2.24) is 10.2 Å². The van der Waals surface area contributed by atoms with E-state index in [1.807, 2.05) is 0 Å². The molecule has 0 amide bonds. The molecule has 3 unspecified atom stereocenters. The van der Waals surface area contributed by atoms with Gasteiger partial charge in [0, 0.05) is 36.7 Å². The zero-order valence-corrected chi connectivity index (χ0v) is 11.6. The first-order valence-electron chi connectivity index (χ1n) is 6.85. The first kappa shape index (κ1) is 12.7. The van der Waals surface area contributed by atoms with Gasteiger partial charge in [-0.2, -0.15) is 11.8 Å². The van der Waals surface area contributed by atoms with Crippen molar-refractivity contribution in [2.45, 2.75) is 44.4 Å². The normalized spacial score (nSPS) is 37.5. The number of nitrogens with one attached hydrogen (secondary N) is 1. The monoisotopic (exact) mass is 242 g/mol. The topological polar surface area (TPSA) is 15.3 Å². The summed E-state index contributed by atoms with van der Waals surface area (Å²) in [5.41, 5.74) is 0. The van der Waals surface area contributed by atoms with E-state index in [1.54, 1.807) is 0 Å². The summed E-state index contributed by atoms with van der Waals surface area (Å²) in [5, 5.41) is 4.53. The molecule has 0 radical (unpaired) electrons. The maximum atomic E-state index is 3.70. The van der Waals surface area contributed by atoms with Crippen molar-refractivity contribution < 1.29 is 0 Å². The molecule has 0 aliphatic carbocycles. The highest BCUT2D eigenvalue weighted by molar-refractivity contribution is 7.99. The van der Waals surface area contributed by atoms with Gasteiger partial charge in [-0.25, -0.2) is 0 Å². The Balaban J connectivity index is 1.75. The molecule has 2 aliphatic heterocycles. The zero-order chi connectivity index (χ0) is 11.4. The van der Waals surface area contributed by atoms with Crippen LogP contribution < -0.4 is 5.32 Å². The molecule has 2 heterocycles. The molecule has 94 valence electrons. The number of hydrogen-bond acceptors (Lipinski definition) is 3. The summed E-state index contributed by atoms with van der Waals surface area (Å²) in [4.78, 5) is 2.66. The first-order valence-corrected chi connectivity index (χ1v) is 7.90. The van der Waals surface area contributed by atoms with Crippen LogP contribution in [0.3, 0.4) is 0 Å². The Morgan fingerprint density at radius 2 is 2.31 bits per heavy atom. The number of thioether (sulfide) groups is 1. The van der Waals surface area contributed by atoms with Gasteiger partial charge in [0.25, 0.3) is 0 Å². The lowest BCUT2D eigenvalue weighted by molar-refractivity contribution is 0.205. The molecule has 2 aliphatic rings. The second kappa shape index (κ2) is 6.27. The van der Waals surface area contributed by atoms with E-state index in [1.165, 1.54) is 51.2 Å². The van der Waals surface area contributed by atoms with Crippen LogP contribution in [-0.2, 0) is 0 Å². The lowest BCUT2D eigenvalue weighted by atomic mass is 9.90. The van der Waals surface area contributed by atoms with Gasteiger partial charge in [-0.1, -0.05) is 20.3 Å². The van der Waals surface area contributed by atoms with Crippen LogP contribution in [0.15, 0.2) is 0 Å². The molecule has 2 nitrogen and oxygen atoms in total. The van der Waals surface area contributed by atoms with E-state index in [0.29, 0.717) is 0 Å². The Morgan fingerprint density at radius 1 is 1.44 bits per heavy atom. The summed E-state index contributed by atoms with van der Waals surface area (Å²) < 4.78 is 0. The number of piperidine rings is 1. The van der Waals surface area contributed by atoms with Crippen LogP contribution in [0.1, 0.15) is 33.1 Å². The molecule has 0 spiro atoms. The van der Waals surface area contributed by atoms with Gasteiger partial charge < -0.3 is 5.32 Å². The Kier molecular flexibility index (Phi) is 4.98. The third-order valence-electron chi connectivity index (χ3n) is 3.98. The molecule has 2 rings (SSSR count). The molecule has 3 atom stereocenters. The van der Waals surface area contributed by atoms with Gasteiger partial charge in [-0.15, -0.1) is 0 Å². The van der Waals surface area contributed by atoms with Crippen LogP contribution in [0, 0.1) is 5.92 Å². The fraction of sp³-hybridized carbons (Fsp3) is 1.00. The van der Waals surface area contributed by atoms with E-state index in [-0.39, 0.29) is 0 Å². The molecular formula is C13H26N2S. The Labute approximate surface area is 105 Å². The van der Waals surface area contributed by atoms with Crippen molar-refractivity contribution in [1.29, 1.82) is 0 Å². The summed E-state index contributed by atoms with van der Waals surface area (Å²) in [6, 6.07) is 0.758. The van der Waals surface area contributed by atoms with Crippen LogP contribution in [0.4, 0.5) is 0 Å². The molecule has 0 aromatic rings. The van der Waals surface area contributed by atoms with E-state index in [0.717, 1.165) is 17.2 Å². The molecule has 0 bridgehead atoms. The number of rotatable bonds is 3. The lowest BCUT2D eigenvalue weighted by Gasteiger charge is -2.37. The van der Waals surface area contributed by atoms with Gasteiger partial charge in [-0.05, 0) is 25.3 Å². The van der Waals surface area contributed by atoms with Crippen LogP contribution in [-0.4, -0.2) is 48.1 Å². The van der Waals surface area contributed by atoms with E-state index in [2.05, 4.69) is 35.8 Å². The molecule has 0 saturated carbocycles. The minimum atomic E-state index is 0.758. The average molecular weight is 242 g/mol. The average Bonchev–Trinajstić information content (AvgIpc) is 2.29. The van der Waals surface area contributed by atoms with Crippen molar-refractivity contribution in [3.05, 3.63) is 0 Å². The van der Waals surface area contributed by atoms with Crippen molar-refractivity contribution in [2.75, 3.05) is 31.9 Å². The van der Waals surface area contributed by atoms with Gasteiger partial charge in [0.15, 0.2) is 0 Å². The standard InChI is InChI=1S/C13H26N2S/c1-3-12-4-5-14-13(8-12)10-15-6-7-16-11(2)9-15/h11-14H,3-10H2,1-2H3. The van der Waals surface area contributed by atoms with Crippen molar-refractivity contribution in [2.24, 2.45) is 5.92 Å². The Hall–Kier alpha value is 0.270. The smallest absolute Gasteiger partial charge is 0.0197 e. The van der Waals surface area contributed by atoms with E-state index in [4.69, 9.17) is 0 Å². The van der Waals surface area contributed by atoms with Crippen LogP contribution >= 0.6 is 11.8 Å². The highest BCUT2D eigenvalue weighted by atomic mass is 32.2. The number of hydrogen-bond donors (Lipinski definition) is 1. The molecule has 2 saturated heterocycles. The summed E-state index contributed by atoms with van der Waals surface area (Å²) in [6.07, 6.45) is 4.15. The molecule has 1 N–H and O–H groups in total. The highest BCUT2D eigenvalue weighted by Crippen LogP contribution is 2.22. The van der Waals surface area contributed by atoms with Gasteiger partial charge in [0.05, 0.1) is 0 Å². The van der Waals surface area contributed by atoms with E-state index >= 15 is 0 Å². The van der Waals surface area contributed by atoms with Gasteiger partial charge >= 0.3 is 0 Å². The number of nitrogens with zero attached hydrogens (tertiary/aromatic N) is 1. The molecule has 16 heavy (non-hydrogen) atoms. The largest absolute Gasteiger partial charge is 0.313 e. The van der Waals surface area contributed by atoms with Crippen LogP contribution in [0.2, 0.25) is 0 Å². The highest BCUT2D eigenvalue weighted by Gasteiger charge is 2.24. The first-order chi connectivity index (χ1) is 7.78. The summed E-state index contributed by atoms with van der Waals surface area (Å²) in [6.45, 7) is 9.80. The molecule has 0 aromatic heterocycles. The van der Waals surface area contributed by atoms with Gasteiger partial charge in [0.2, 0.25) is 0 Å². The SMILES string of the molecule is CCC1CCNC(CN2CCSC(C)C2)C1. The fourth-order valence-corrected chi connectivity index (χ4v) is 4.06. The zero-order valence-electron chi connectivity index (χ0n) is 10.7. The quantitative estimate of drug-likeness (QED) is 0.817. The minimum absolute atomic E-state index is 0.758. The molecular weight excluding hydrogens is 216 g/mol. The van der Waals surface area contributed by atoms with Crippen molar-refractivity contribution >= 4 is 11.8 Å². The summed E-state index contributed by atoms with van der Waals surface area (Å²) in [5.74, 6) is 2.30. The lowest BCUT2D eigenvalue weighted by Crippen LogP contribution is -2.48. The third kappa shape index (κ3) is 3.64. The Morgan fingerprint density at radius 3 is 3.06 bits per heavy atom. The second-order valence-electron chi connectivity index (χ2n) is 5.39. The minimum Gasteiger partial charge on any atom is -0.313 e. The van der Waals surface area contributed by atoms with Crippen LogP contribution in [0.25, 0.3) is 0 Å². The predicted molar refractivity (Wildman–Crippen MR) is 73.2 cm³/mol. The predicted octanol–water partition coefficient (Wildman–Crippen LogP) is 2.20. The van der Waals surface area contributed by atoms with Crippen molar-refractivity contribution in [3.63, 3.8) is 0 Å². The molecule has 3 heteroatoms. The maximum absolute atomic E-state index is 3.70. The van der Waals surface area contributed by atoms with E-state index < -0.39 is 0 Å². The van der Waals surface area contributed by atoms with Crippen LogP contribution in [0.5, 0.6) is 0 Å². The van der Waals surface area contributed by atoms with E-state index in [9.17, 15) is 0 Å². The summed E-state index contributed by atoms with van der Waals surface area (Å²) >= 11 is 2.13. The maximum Gasteiger partial charge on any atom is 0.0197 e. The van der Waals surface area contributed by atoms with Gasteiger partial charge in [0.1, 0.15) is 0 Å². The van der Waals surface area contributed by atoms with Crippen molar-refractivity contribution in [3.8, 4) is 0 Å². The Bertz CT molecular complexity index is 210. The summed E-state index contributed by atoms with van der Waals surface area (Å²) in [7, 11) is 0. The third-order valence-corrected chi connectivity index (χ3v) is 5.12. The second-order valence-corrected chi connectivity index (χ2v) is 6.94. The van der Waals surface area contributed by atoms with Gasteiger partial charge in [-0.3, -0.25) is 4.90 Å². The molecule has 2 fully saturated rings. The fourth-order valence-electron chi connectivity index (χ4n) is 2.97.